The van der Waals surface area contributed by atoms with Gasteiger partial charge in [-0.2, -0.15) is 5.10 Å². The molecule has 1 aromatic heterocycles. The summed E-state index contributed by atoms with van der Waals surface area (Å²) >= 11 is 0. The maximum absolute atomic E-state index is 4.71. The molecular weight excluding hydrogens is 246 g/mol. The summed E-state index contributed by atoms with van der Waals surface area (Å²) in [5.41, 5.74) is 6.43. The van der Waals surface area contributed by atoms with E-state index in [1.54, 1.807) is 0 Å². The van der Waals surface area contributed by atoms with Crippen LogP contribution in [0.15, 0.2) is 24.3 Å². The van der Waals surface area contributed by atoms with Crippen molar-refractivity contribution in [3.8, 4) is 0 Å². The van der Waals surface area contributed by atoms with E-state index in [1.165, 1.54) is 35.2 Å². The largest absolute Gasteiger partial charge is 0.310 e. The lowest BCUT2D eigenvalue weighted by Gasteiger charge is -2.07. The lowest BCUT2D eigenvalue weighted by Crippen LogP contribution is -2.16. The molecule has 1 fully saturated rings. The molecule has 0 spiro atoms. The monoisotopic (exact) mass is 269 g/mol. The Morgan fingerprint density at radius 3 is 2.75 bits per heavy atom. The second kappa shape index (κ2) is 5.41. The highest BCUT2D eigenvalue weighted by molar-refractivity contribution is 5.27. The summed E-state index contributed by atoms with van der Waals surface area (Å²) < 4.78 is 2.13. The van der Waals surface area contributed by atoms with Crippen molar-refractivity contribution in [2.24, 2.45) is 0 Å². The number of aromatic nitrogens is 2. The van der Waals surface area contributed by atoms with E-state index in [1.807, 2.05) is 0 Å². The standard InChI is InChI=1S/C17H23N3/c1-12-5-4-6-15(9-12)11-20-14(3)17(13(2)19-20)10-18-16-7-8-16/h4-6,9,16,18H,7-8,10-11H2,1-3H3. The minimum absolute atomic E-state index is 0.744. The van der Waals surface area contributed by atoms with E-state index >= 15 is 0 Å². The second-order valence-electron chi connectivity index (χ2n) is 5.95. The van der Waals surface area contributed by atoms with Crippen molar-refractivity contribution in [1.29, 1.82) is 0 Å². The Balaban J connectivity index is 1.77. The summed E-state index contributed by atoms with van der Waals surface area (Å²) in [6, 6.07) is 9.40. The molecule has 1 aromatic carbocycles. The highest BCUT2D eigenvalue weighted by Gasteiger charge is 2.21. The first kappa shape index (κ1) is 13.4. The van der Waals surface area contributed by atoms with Crippen molar-refractivity contribution in [1.82, 2.24) is 15.1 Å². The molecule has 2 aromatic rings. The van der Waals surface area contributed by atoms with Crippen LogP contribution in [-0.2, 0) is 13.1 Å². The van der Waals surface area contributed by atoms with Crippen LogP contribution < -0.4 is 5.32 Å². The molecule has 0 aliphatic heterocycles. The molecular formula is C17H23N3. The third kappa shape index (κ3) is 2.93. The van der Waals surface area contributed by atoms with Crippen molar-refractivity contribution >= 4 is 0 Å². The first-order chi connectivity index (χ1) is 9.63. The average Bonchev–Trinajstić information content (AvgIpc) is 3.18. The Bertz CT molecular complexity index is 609. The van der Waals surface area contributed by atoms with Crippen LogP contribution in [0.1, 0.15) is 40.9 Å². The Labute approximate surface area is 121 Å². The van der Waals surface area contributed by atoms with E-state index < -0.39 is 0 Å². The maximum Gasteiger partial charge on any atom is 0.0662 e. The molecule has 0 unspecified atom stereocenters. The average molecular weight is 269 g/mol. The molecule has 1 N–H and O–H groups in total. The molecule has 1 saturated carbocycles. The summed E-state index contributed by atoms with van der Waals surface area (Å²) in [7, 11) is 0. The number of hydrogen-bond acceptors (Lipinski definition) is 2. The van der Waals surface area contributed by atoms with Gasteiger partial charge in [0.25, 0.3) is 0 Å². The lowest BCUT2D eigenvalue weighted by molar-refractivity contribution is 0.652. The van der Waals surface area contributed by atoms with Crippen LogP contribution in [0.2, 0.25) is 0 Å². The van der Waals surface area contributed by atoms with Gasteiger partial charge in [0.05, 0.1) is 12.2 Å². The molecule has 0 radical (unpaired) electrons. The van der Waals surface area contributed by atoms with Gasteiger partial charge in [0.15, 0.2) is 0 Å². The Hall–Kier alpha value is -1.61. The number of aryl methyl sites for hydroxylation is 2. The molecule has 1 aliphatic carbocycles. The third-order valence-corrected chi connectivity index (χ3v) is 4.09. The van der Waals surface area contributed by atoms with Crippen LogP contribution in [0.4, 0.5) is 0 Å². The molecule has 3 heteroatoms. The summed E-state index contributed by atoms with van der Waals surface area (Å²) in [6.07, 6.45) is 2.66. The number of rotatable bonds is 5. The summed E-state index contributed by atoms with van der Waals surface area (Å²) in [5, 5.41) is 8.30. The molecule has 0 amide bonds. The Morgan fingerprint density at radius 2 is 2.05 bits per heavy atom. The van der Waals surface area contributed by atoms with Gasteiger partial charge in [-0.15, -0.1) is 0 Å². The van der Waals surface area contributed by atoms with Gasteiger partial charge in [-0.3, -0.25) is 4.68 Å². The van der Waals surface area contributed by atoms with Gasteiger partial charge in [0.1, 0.15) is 0 Å². The normalized spacial score (nSPS) is 14.8. The predicted molar refractivity (Wildman–Crippen MR) is 81.8 cm³/mol. The zero-order valence-corrected chi connectivity index (χ0v) is 12.6. The molecule has 0 bridgehead atoms. The lowest BCUT2D eigenvalue weighted by atomic mass is 10.1. The summed E-state index contributed by atoms with van der Waals surface area (Å²) in [6.45, 7) is 8.24. The molecule has 3 rings (SSSR count). The Kier molecular flexibility index (Phi) is 3.62. The zero-order chi connectivity index (χ0) is 14.1. The predicted octanol–water partition coefficient (Wildman–Crippen LogP) is 3.11. The Morgan fingerprint density at radius 1 is 1.25 bits per heavy atom. The van der Waals surface area contributed by atoms with E-state index in [0.717, 1.165) is 24.8 Å². The third-order valence-electron chi connectivity index (χ3n) is 4.09. The van der Waals surface area contributed by atoms with Crippen molar-refractivity contribution in [2.75, 3.05) is 0 Å². The van der Waals surface area contributed by atoms with Gasteiger partial charge in [-0.05, 0) is 39.2 Å². The van der Waals surface area contributed by atoms with Gasteiger partial charge < -0.3 is 5.32 Å². The van der Waals surface area contributed by atoms with Gasteiger partial charge in [0, 0.05) is 23.8 Å². The smallest absolute Gasteiger partial charge is 0.0662 e. The highest BCUT2D eigenvalue weighted by atomic mass is 15.3. The highest BCUT2D eigenvalue weighted by Crippen LogP contribution is 2.21. The quantitative estimate of drug-likeness (QED) is 0.904. The minimum Gasteiger partial charge on any atom is -0.310 e. The van der Waals surface area contributed by atoms with Crippen LogP contribution in [0.3, 0.4) is 0 Å². The fraction of sp³-hybridized carbons (Fsp3) is 0.471. The number of nitrogens with zero attached hydrogens (tertiary/aromatic N) is 2. The van der Waals surface area contributed by atoms with Crippen molar-refractivity contribution in [3.63, 3.8) is 0 Å². The van der Waals surface area contributed by atoms with Crippen molar-refractivity contribution < 1.29 is 0 Å². The first-order valence-electron chi connectivity index (χ1n) is 7.45. The molecule has 0 saturated heterocycles. The number of nitrogens with one attached hydrogen (secondary N) is 1. The topological polar surface area (TPSA) is 29.9 Å². The fourth-order valence-electron chi connectivity index (χ4n) is 2.66. The minimum atomic E-state index is 0.744. The van der Waals surface area contributed by atoms with Crippen LogP contribution >= 0.6 is 0 Å². The molecule has 0 atom stereocenters. The molecule has 3 nitrogen and oxygen atoms in total. The molecule has 106 valence electrons. The van der Waals surface area contributed by atoms with Crippen LogP contribution in [0.25, 0.3) is 0 Å². The number of hydrogen-bond donors (Lipinski definition) is 1. The van der Waals surface area contributed by atoms with E-state index in [2.05, 4.69) is 55.0 Å². The zero-order valence-electron chi connectivity index (χ0n) is 12.6. The van der Waals surface area contributed by atoms with Gasteiger partial charge >= 0.3 is 0 Å². The summed E-state index contributed by atoms with van der Waals surface area (Å²) in [4.78, 5) is 0. The van der Waals surface area contributed by atoms with Crippen LogP contribution in [0, 0.1) is 20.8 Å². The van der Waals surface area contributed by atoms with Gasteiger partial charge in [-0.25, -0.2) is 0 Å². The molecule has 20 heavy (non-hydrogen) atoms. The summed E-state index contributed by atoms with van der Waals surface area (Å²) in [5.74, 6) is 0. The van der Waals surface area contributed by atoms with E-state index in [0.29, 0.717) is 0 Å². The van der Waals surface area contributed by atoms with Crippen LogP contribution in [0.5, 0.6) is 0 Å². The maximum atomic E-state index is 4.71. The van der Waals surface area contributed by atoms with E-state index in [-0.39, 0.29) is 0 Å². The van der Waals surface area contributed by atoms with E-state index in [9.17, 15) is 0 Å². The van der Waals surface area contributed by atoms with Crippen molar-refractivity contribution in [2.45, 2.75) is 52.7 Å². The van der Waals surface area contributed by atoms with E-state index in [4.69, 9.17) is 5.10 Å². The first-order valence-corrected chi connectivity index (χ1v) is 7.45. The van der Waals surface area contributed by atoms with Gasteiger partial charge in [0.2, 0.25) is 0 Å². The van der Waals surface area contributed by atoms with Crippen LogP contribution in [-0.4, -0.2) is 15.8 Å². The molecule has 1 aliphatic rings. The van der Waals surface area contributed by atoms with Crippen molar-refractivity contribution in [3.05, 3.63) is 52.3 Å². The fourth-order valence-corrected chi connectivity index (χ4v) is 2.66. The molecule has 1 heterocycles. The number of benzene rings is 1. The second-order valence-corrected chi connectivity index (χ2v) is 5.95. The SMILES string of the molecule is Cc1cccc(Cn2nc(C)c(CNC3CC3)c2C)c1. The van der Waals surface area contributed by atoms with Gasteiger partial charge in [-0.1, -0.05) is 29.8 Å².